The summed E-state index contributed by atoms with van der Waals surface area (Å²) in [5, 5.41) is 22.4. The van der Waals surface area contributed by atoms with Gasteiger partial charge in [-0.1, -0.05) is 12.1 Å². The second kappa shape index (κ2) is 9.41. The van der Waals surface area contributed by atoms with E-state index in [1.807, 2.05) is 6.07 Å². The number of anilines is 2. The van der Waals surface area contributed by atoms with Gasteiger partial charge in [-0.05, 0) is 64.9 Å². The van der Waals surface area contributed by atoms with Crippen LogP contribution in [-0.2, 0) is 4.79 Å². The predicted octanol–water partition coefficient (Wildman–Crippen LogP) is 5.03. The van der Waals surface area contributed by atoms with E-state index < -0.39 is 0 Å². The van der Waals surface area contributed by atoms with E-state index in [0.29, 0.717) is 28.9 Å². The SMILES string of the molecule is Cc1c(F)cccc1NC(=O)/C=C/c1ccc(C(=N)C#N)c(NPI)c1. The van der Waals surface area contributed by atoms with Crippen LogP contribution < -0.4 is 10.4 Å². The smallest absolute Gasteiger partial charge is 0.248 e. The summed E-state index contributed by atoms with van der Waals surface area (Å²) in [7, 11) is 0. The van der Waals surface area contributed by atoms with Gasteiger partial charge in [0, 0.05) is 35.0 Å². The summed E-state index contributed by atoms with van der Waals surface area (Å²) in [6.45, 7) is 1.60. The zero-order valence-corrected chi connectivity index (χ0v) is 16.9. The Morgan fingerprint density at radius 3 is 2.81 bits per heavy atom. The molecule has 1 unspecified atom stereocenters. The van der Waals surface area contributed by atoms with Gasteiger partial charge in [-0.25, -0.2) is 4.39 Å². The second-order valence-corrected chi connectivity index (χ2v) is 7.30. The minimum atomic E-state index is -0.377. The third-order valence-electron chi connectivity index (χ3n) is 3.56. The molecule has 2 aromatic rings. The summed E-state index contributed by atoms with van der Waals surface area (Å²) < 4.78 is 13.5. The molecule has 132 valence electrons. The van der Waals surface area contributed by atoms with Crippen LogP contribution in [-0.4, -0.2) is 11.6 Å². The van der Waals surface area contributed by atoms with Crippen molar-refractivity contribution in [2.75, 3.05) is 10.4 Å². The second-order valence-electron chi connectivity index (χ2n) is 5.25. The lowest BCUT2D eigenvalue weighted by atomic mass is 10.1. The third kappa shape index (κ3) is 5.10. The minimum absolute atomic E-state index is 0.128. The molecule has 0 aliphatic heterocycles. The first-order valence-corrected chi connectivity index (χ1v) is 11.6. The highest BCUT2D eigenvalue weighted by Crippen LogP contribution is 2.28. The molecule has 0 aliphatic rings. The van der Waals surface area contributed by atoms with E-state index in [-0.39, 0.29) is 17.4 Å². The van der Waals surface area contributed by atoms with Crippen molar-refractivity contribution < 1.29 is 9.18 Å². The average molecular weight is 480 g/mol. The predicted molar refractivity (Wildman–Crippen MR) is 114 cm³/mol. The van der Waals surface area contributed by atoms with Crippen molar-refractivity contribution in [2.24, 2.45) is 0 Å². The van der Waals surface area contributed by atoms with E-state index in [9.17, 15) is 9.18 Å². The summed E-state index contributed by atoms with van der Waals surface area (Å²) in [5.41, 5.74) is 2.58. The van der Waals surface area contributed by atoms with Crippen molar-refractivity contribution >= 4 is 57.5 Å². The molecule has 2 rings (SSSR count). The van der Waals surface area contributed by atoms with Gasteiger partial charge >= 0.3 is 0 Å². The number of nitrogens with one attached hydrogen (secondary N) is 3. The summed E-state index contributed by atoms with van der Waals surface area (Å²) in [5.74, 6) is -0.754. The van der Waals surface area contributed by atoms with E-state index in [0.717, 1.165) is 5.56 Å². The molecule has 0 spiro atoms. The first kappa shape index (κ1) is 20.0. The molecule has 0 saturated carbocycles. The van der Waals surface area contributed by atoms with Crippen LogP contribution >= 0.6 is 28.4 Å². The van der Waals surface area contributed by atoms with Crippen molar-refractivity contribution in [2.45, 2.75) is 6.92 Å². The highest BCUT2D eigenvalue weighted by Gasteiger charge is 2.08. The van der Waals surface area contributed by atoms with E-state index in [1.165, 1.54) is 18.2 Å². The molecular weight excluding hydrogens is 465 g/mol. The molecule has 2 aromatic carbocycles. The van der Waals surface area contributed by atoms with E-state index in [4.69, 9.17) is 10.7 Å². The van der Waals surface area contributed by atoms with E-state index in [1.54, 1.807) is 37.3 Å². The van der Waals surface area contributed by atoms with Crippen molar-refractivity contribution in [3.63, 3.8) is 0 Å². The standard InChI is InChI=1S/C18H15FIN4OP/c1-11-14(19)3-2-4-16(11)23-18(25)8-6-12-5-7-13(15(22)10-21)17(9-12)24-26-20/h2-9,22,24,26H,1H3,(H,23,25)/b8-6+,22-15?. The molecule has 1 amide bonds. The van der Waals surface area contributed by atoms with Gasteiger partial charge in [-0.3, -0.25) is 10.2 Å². The maximum atomic E-state index is 13.5. The molecule has 26 heavy (non-hydrogen) atoms. The Hall–Kier alpha value is -2.30. The zero-order chi connectivity index (χ0) is 19.1. The zero-order valence-electron chi connectivity index (χ0n) is 13.7. The van der Waals surface area contributed by atoms with Crippen LogP contribution in [0.3, 0.4) is 0 Å². The maximum Gasteiger partial charge on any atom is 0.248 e. The van der Waals surface area contributed by atoms with Gasteiger partial charge in [-0.2, -0.15) is 5.26 Å². The molecule has 0 saturated heterocycles. The highest BCUT2D eigenvalue weighted by molar-refractivity contribution is 14.2. The van der Waals surface area contributed by atoms with Crippen molar-refractivity contribution in [1.29, 1.82) is 10.7 Å². The van der Waals surface area contributed by atoms with Gasteiger partial charge in [0.15, 0.2) is 0 Å². The molecule has 0 aromatic heterocycles. The van der Waals surface area contributed by atoms with Gasteiger partial charge in [0.2, 0.25) is 5.91 Å². The van der Waals surface area contributed by atoms with Crippen LogP contribution in [0.2, 0.25) is 0 Å². The summed E-state index contributed by atoms with van der Waals surface area (Å²) in [4.78, 5) is 12.1. The fourth-order valence-electron chi connectivity index (χ4n) is 2.19. The van der Waals surface area contributed by atoms with Crippen LogP contribution in [0.1, 0.15) is 16.7 Å². The van der Waals surface area contributed by atoms with Crippen molar-refractivity contribution in [3.05, 3.63) is 65.0 Å². The lowest BCUT2D eigenvalue weighted by Crippen LogP contribution is -2.09. The Kier molecular flexibility index (Phi) is 7.25. The first-order valence-electron chi connectivity index (χ1n) is 7.45. The molecule has 5 nitrogen and oxygen atoms in total. The van der Waals surface area contributed by atoms with Crippen LogP contribution in [0.25, 0.3) is 6.08 Å². The normalized spacial score (nSPS) is 10.8. The Labute approximate surface area is 165 Å². The fraction of sp³-hybridized carbons (Fsp3) is 0.0556. The summed E-state index contributed by atoms with van der Waals surface area (Å²) >= 11 is 2.16. The number of nitrogens with zero attached hydrogens (tertiary/aromatic N) is 1. The number of hydrogen-bond donors (Lipinski definition) is 3. The molecule has 0 heterocycles. The Morgan fingerprint density at radius 2 is 2.12 bits per heavy atom. The average Bonchev–Trinajstić information content (AvgIpc) is 2.63. The Bertz CT molecular complexity index is 924. The van der Waals surface area contributed by atoms with E-state index in [2.05, 4.69) is 32.4 Å². The molecule has 0 bridgehead atoms. The number of halogens is 2. The summed E-state index contributed by atoms with van der Waals surface area (Å²) in [6, 6.07) is 11.5. The maximum absolute atomic E-state index is 13.5. The minimum Gasteiger partial charge on any atom is -0.358 e. The van der Waals surface area contributed by atoms with Crippen molar-refractivity contribution in [1.82, 2.24) is 0 Å². The number of nitriles is 1. The first-order chi connectivity index (χ1) is 12.5. The molecule has 3 N–H and O–H groups in total. The molecule has 1 atom stereocenters. The highest BCUT2D eigenvalue weighted by atomic mass is 127. The number of benzene rings is 2. The van der Waals surface area contributed by atoms with Crippen LogP contribution in [0.5, 0.6) is 0 Å². The summed E-state index contributed by atoms with van der Waals surface area (Å²) in [6.07, 6.45) is 3.34. The Morgan fingerprint density at radius 1 is 1.35 bits per heavy atom. The quantitative estimate of drug-likeness (QED) is 0.235. The lowest BCUT2D eigenvalue weighted by molar-refractivity contribution is -0.111. The molecule has 8 heteroatoms. The van der Waals surface area contributed by atoms with Crippen molar-refractivity contribution in [3.8, 4) is 6.07 Å². The topological polar surface area (TPSA) is 88.8 Å². The van der Waals surface area contributed by atoms with E-state index >= 15 is 0 Å². The number of amides is 1. The third-order valence-corrected chi connectivity index (χ3v) is 4.73. The molecular formula is C18H15FIN4OP. The largest absolute Gasteiger partial charge is 0.358 e. The van der Waals surface area contributed by atoms with Crippen LogP contribution in [0.4, 0.5) is 15.8 Å². The lowest BCUT2D eigenvalue weighted by Gasteiger charge is -2.09. The molecule has 0 aliphatic carbocycles. The number of rotatable bonds is 6. The number of carbonyl (C=O) groups excluding carboxylic acids is 1. The number of hydrogen-bond acceptors (Lipinski definition) is 4. The van der Waals surface area contributed by atoms with Gasteiger partial charge in [0.05, 0.1) is 0 Å². The fourth-order valence-corrected chi connectivity index (χ4v) is 3.37. The number of carbonyl (C=O) groups is 1. The van der Waals surface area contributed by atoms with Gasteiger partial charge in [0.25, 0.3) is 0 Å². The molecule has 0 radical (unpaired) electrons. The van der Waals surface area contributed by atoms with Gasteiger partial charge in [-0.15, -0.1) is 0 Å². The van der Waals surface area contributed by atoms with Gasteiger partial charge in [0.1, 0.15) is 17.6 Å². The Balaban J connectivity index is 2.18. The van der Waals surface area contributed by atoms with Gasteiger partial charge < -0.3 is 10.4 Å². The monoisotopic (exact) mass is 480 g/mol. The molecule has 0 fully saturated rings. The van der Waals surface area contributed by atoms with Crippen LogP contribution in [0, 0.1) is 29.5 Å². The van der Waals surface area contributed by atoms with Crippen LogP contribution in [0.15, 0.2) is 42.5 Å².